The van der Waals surface area contributed by atoms with Crippen LogP contribution in [-0.2, 0) is 11.2 Å². The van der Waals surface area contributed by atoms with Crippen molar-refractivity contribution in [1.29, 1.82) is 0 Å². The molecule has 1 aliphatic heterocycles. The van der Waals surface area contributed by atoms with Crippen LogP contribution in [0.5, 0.6) is 5.75 Å². The molecule has 7 heteroatoms. The van der Waals surface area contributed by atoms with Gasteiger partial charge in [0.15, 0.2) is 0 Å². The molecule has 1 saturated heterocycles. The van der Waals surface area contributed by atoms with E-state index in [9.17, 15) is 18.0 Å². The van der Waals surface area contributed by atoms with Crippen molar-refractivity contribution in [3.05, 3.63) is 29.8 Å². The molecule has 20 heavy (non-hydrogen) atoms. The molecule has 0 aliphatic carbocycles. The Morgan fingerprint density at radius 1 is 1.40 bits per heavy atom. The molecule has 0 radical (unpaired) electrons. The Bertz CT molecular complexity index is 496. The zero-order chi connectivity index (χ0) is 14.8. The van der Waals surface area contributed by atoms with Gasteiger partial charge in [0.05, 0.1) is 6.42 Å². The Morgan fingerprint density at radius 3 is 2.65 bits per heavy atom. The van der Waals surface area contributed by atoms with Gasteiger partial charge in [-0.3, -0.25) is 4.79 Å². The maximum absolute atomic E-state index is 13.2. The molecule has 0 bridgehead atoms. The van der Waals surface area contributed by atoms with Gasteiger partial charge in [0.2, 0.25) is 5.60 Å². The van der Waals surface area contributed by atoms with Gasteiger partial charge in [-0.25, -0.2) is 0 Å². The van der Waals surface area contributed by atoms with Crippen molar-refractivity contribution < 1.29 is 27.8 Å². The summed E-state index contributed by atoms with van der Waals surface area (Å²) in [6.45, 7) is -0.126. The summed E-state index contributed by atoms with van der Waals surface area (Å²) in [5.74, 6) is -1.15. The topological polar surface area (TPSA) is 58.6 Å². The average Bonchev–Trinajstić information content (AvgIpc) is 2.80. The SMILES string of the molecule is O=C(O)Cc1ccccc1OC1(C(F)(F)F)CCNC1. The predicted octanol–water partition coefficient (Wildman–Crippen LogP) is 1.99. The number of benzene rings is 1. The van der Waals surface area contributed by atoms with Crippen molar-refractivity contribution in [3.8, 4) is 5.75 Å². The maximum Gasteiger partial charge on any atom is 0.429 e. The summed E-state index contributed by atoms with van der Waals surface area (Å²) in [5, 5.41) is 11.4. The summed E-state index contributed by atoms with van der Waals surface area (Å²) in [6.07, 6.45) is -5.09. The average molecular weight is 289 g/mol. The summed E-state index contributed by atoms with van der Waals surface area (Å²) < 4.78 is 44.9. The lowest BCUT2D eigenvalue weighted by Gasteiger charge is -2.32. The quantitative estimate of drug-likeness (QED) is 0.890. The number of para-hydroxylation sites is 1. The van der Waals surface area contributed by atoms with Crippen LogP contribution in [0, 0.1) is 0 Å². The molecule has 1 unspecified atom stereocenters. The smallest absolute Gasteiger partial charge is 0.429 e. The predicted molar refractivity (Wildman–Crippen MR) is 64.7 cm³/mol. The number of halogens is 3. The van der Waals surface area contributed by atoms with Crippen molar-refractivity contribution in [1.82, 2.24) is 5.32 Å². The van der Waals surface area contributed by atoms with Crippen molar-refractivity contribution in [2.24, 2.45) is 0 Å². The number of hydrogen-bond donors (Lipinski definition) is 2. The van der Waals surface area contributed by atoms with Crippen molar-refractivity contribution in [2.45, 2.75) is 24.6 Å². The third kappa shape index (κ3) is 2.87. The lowest BCUT2D eigenvalue weighted by molar-refractivity contribution is -0.240. The van der Waals surface area contributed by atoms with E-state index in [0.717, 1.165) is 0 Å². The highest BCUT2D eigenvalue weighted by Gasteiger charge is 2.59. The molecule has 1 heterocycles. The van der Waals surface area contributed by atoms with Gasteiger partial charge in [-0.15, -0.1) is 0 Å². The Labute approximate surface area is 113 Å². The van der Waals surface area contributed by atoms with E-state index in [-0.39, 0.29) is 37.2 Å². The summed E-state index contributed by atoms with van der Waals surface area (Å²) in [7, 11) is 0. The molecule has 0 spiro atoms. The van der Waals surface area contributed by atoms with Gasteiger partial charge in [-0.2, -0.15) is 13.2 Å². The number of hydrogen-bond acceptors (Lipinski definition) is 3. The maximum atomic E-state index is 13.2. The van der Waals surface area contributed by atoms with Crippen molar-refractivity contribution in [3.63, 3.8) is 0 Å². The molecule has 0 saturated carbocycles. The first-order chi connectivity index (χ1) is 9.34. The summed E-state index contributed by atoms with van der Waals surface area (Å²) in [5.41, 5.74) is -2.06. The molecule has 2 N–H and O–H groups in total. The highest BCUT2D eigenvalue weighted by atomic mass is 19.4. The monoisotopic (exact) mass is 289 g/mol. The van der Waals surface area contributed by atoms with E-state index >= 15 is 0 Å². The molecule has 110 valence electrons. The number of alkyl halides is 3. The van der Waals surface area contributed by atoms with Crippen LogP contribution >= 0.6 is 0 Å². The summed E-state index contributed by atoms with van der Waals surface area (Å²) in [4.78, 5) is 10.7. The number of aliphatic carboxylic acids is 1. The van der Waals surface area contributed by atoms with Crippen LogP contribution < -0.4 is 10.1 Å². The fourth-order valence-corrected chi connectivity index (χ4v) is 2.18. The highest BCUT2D eigenvalue weighted by Crippen LogP contribution is 2.39. The molecule has 1 atom stereocenters. The van der Waals surface area contributed by atoms with E-state index in [1.54, 1.807) is 6.07 Å². The lowest BCUT2D eigenvalue weighted by Crippen LogP contribution is -2.52. The van der Waals surface area contributed by atoms with Crippen LogP contribution in [0.25, 0.3) is 0 Å². The van der Waals surface area contributed by atoms with Crippen molar-refractivity contribution >= 4 is 5.97 Å². The third-order valence-electron chi connectivity index (χ3n) is 3.25. The Kier molecular flexibility index (Phi) is 3.89. The van der Waals surface area contributed by atoms with Gasteiger partial charge < -0.3 is 15.2 Å². The van der Waals surface area contributed by atoms with Crippen LogP contribution in [0.1, 0.15) is 12.0 Å². The van der Waals surface area contributed by atoms with Crippen LogP contribution in [0.2, 0.25) is 0 Å². The van der Waals surface area contributed by atoms with E-state index in [1.807, 2.05) is 0 Å². The van der Waals surface area contributed by atoms with Gasteiger partial charge in [0.1, 0.15) is 5.75 Å². The zero-order valence-corrected chi connectivity index (χ0v) is 10.5. The van der Waals surface area contributed by atoms with Gasteiger partial charge in [0.25, 0.3) is 0 Å². The Hall–Kier alpha value is -1.76. The molecule has 0 aromatic heterocycles. The number of nitrogens with one attached hydrogen (secondary N) is 1. The second-order valence-electron chi connectivity index (χ2n) is 4.70. The van der Waals surface area contributed by atoms with E-state index in [4.69, 9.17) is 9.84 Å². The first-order valence-corrected chi connectivity index (χ1v) is 6.10. The zero-order valence-electron chi connectivity index (χ0n) is 10.5. The van der Waals surface area contributed by atoms with E-state index < -0.39 is 17.7 Å². The Morgan fingerprint density at radius 2 is 2.10 bits per heavy atom. The van der Waals surface area contributed by atoms with Crippen molar-refractivity contribution in [2.75, 3.05) is 13.1 Å². The highest BCUT2D eigenvalue weighted by molar-refractivity contribution is 5.71. The number of rotatable bonds is 4. The second-order valence-corrected chi connectivity index (χ2v) is 4.70. The van der Waals surface area contributed by atoms with Gasteiger partial charge >= 0.3 is 12.1 Å². The normalized spacial score (nSPS) is 22.8. The van der Waals surface area contributed by atoms with Gasteiger partial charge in [0, 0.05) is 18.5 Å². The molecular weight excluding hydrogens is 275 g/mol. The molecule has 1 aromatic carbocycles. The molecule has 1 fully saturated rings. The second kappa shape index (κ2) is 5.32. The standard InChI is InChI=1S/C13H14F3NO3/c14-13(15,16)12(5-6-17-8-12)20-10-4-2-1-3-9(10)7-11(18)19/h1-4,17H,5-8H2,(H,18,19). The number of carboxylic acids is 1. The van der Waals surface area contributed by atoms with E-state index in [1.165, 1.54) is 18.2 Å². The number of carbonyl (C=O) groups is 1. The molecule has 0 amide bonds. The summed E-state index contributed by atoms with van der Waals surface area (Å²) >= 11 is 0. The first kappa shape index (κ1) is 14.6. The molecule has 2 rings (SSSR count). The third-order valence-corrected chi connectivity index (χ3v) is 3.25. The molecule has 1 aliphatic rings. The summed E-state index contributed by atoms with van der Waals surface area (Å²) in [6, 6.07) is 5.91. The van der Waals surface area contributed by atoms with Gasteiger partial charge in [-0.1, -0.05) is 18.2 Å². The minimum absolute atomic E-state index is 0.0316. The van der Waals surface area contributed by atoms with E-state index in [2.05, 4.69) is 5.32 Å². The number of ether oxygens (including phenoxy) is 1. The van der Waals surface area contributed by atoms with Crippen LogP contribution in [0.4, 0.5) is 13.2 Å². The minimum atomic E-state index is -4.52. The molecular formula is C13H14F3NO3. The minimum Gasteiger partial charge on any atom is -0.481 e. The first-order valence-electron chi connectivity index (χ1n) is 6.10. The molecule has 1 aromatic rings. The largest absolute Gasteiger partial charge is 0.481 e. The van der Waals surface area contributed by atoms with Gasteiger partial charge in [-0.05, 0) is 12.6 Å². The van der Waals surface area contributed by atoms with E-state index in [0.29, 0.717) is 0 Å². The number of carboxylic acid groups (broad SMARTS) is 1. The van der Waals surface area contributed by atoms with Crippen LogP contribution in [-0.4, -0.2) is 35.9 Å². The lowest BCUT2D eigenvalue weighted by atomic mass is 10.0. The fraction of sp³-hybridized carbons (Fsp3) is 0.462. The van der Waals surface area contributed by atoms with Crippen LogP contribution in [0.15, 0.2) is 24.3 Å². The Balaban J connectivity index is 2.30. The molecule has 4 nitrogen and oxygen atoms in total. The fourth-order valence-electron chi connectivity index (χ4n) is 2.18. The van der Waals surface area contributed by atoms with Crippen LogP contribution in [0.3, 0.4) is 0 Å².